The summed E-state index contributed by atoms with van der Waals surface area (Å²) in [7, 11) is 0. The minimum Gasteiger partial charge on any atom is -0.462 e. The van der Waals surface area contributed by atoms with Gasteiger partial charge in [-0.2, -0.15) is 0 Å². The number of esters is 3. The molecule has 0 rings (SSSR count). The van der Waals surface area contributed by atoms with Gasteiger partial charge in [-0.15, -0.1) is 0 Å². The van der Waals surface area contributed by atoms with Crippen molar-refractivity contribution in [1.29, 1.82) is 0 Å². The molecule has 0 aromatic rings. The molecule has 0 saturated heterocycles. The van der Waals surface area contributed by atoms with Gasteiger partial charge in [0.25, 0.3) is 0 Å². The minimum absolute atomic E-state index is 0.0680. The van der Waals surface area contributed by atoms with Crippen molar-refractivity contribution in [2.75, 3.05) is 13.2 Å². The van der Waals surface area contributed by atoms with Crippen LogP contribution in [0.5, 0.6) is 0 Å². The van der Waals surface area contributed by atoms with Gasteiger partial charge in [0.2, 0.25) is 0 Å². The van der Waals surface area contributed by atoms with E-state index in [0.717, 1.165) is 89.9 Å². The Balaban J connectivity index is 3.97. The van der Waals surface area contributed by atoms with Gasteiger partial charge in [-0.1, -0.05) is 319 Å². The van der Waals surface area contributed by atoms with Gasteiger partial charge in [0.05, 0.1) is 0 Å². The molecule has 1 unspecified atom stereocenters. The average molecular weight is 1050 g/mol. The number of unbranched alkanes of at least 4 members (excludes halogenated alkanes) is 39. The zero-order valence-electron chi connectivity index (χ0n) is 50.1. The lowest BCUT2D eigenvalue weighted by atomic mass is 10.0. The summed E-state index contributed by atoms with van der Waals surface area (Å²) < 4.78 is 16.8. The number of carbonyl (C=O) groups excluding carboxylic acids is 3. The summed E-state index contributed by atoms with van der Waals surface area (Å²) in [5.74, 6) is -0.857. The summed E-state index contributed by atoms with van der Waals surface area (Å²) in [6.45, 7) is 6.52. The lowest BCUT2D eigenvalue weighted by Gasteiger charge is -2.18. The summed E-state index contributed by atoms with van der Waals surface area (Å²) in [5.41, 5.74) is 0. The highest BCUT2D eigenvalue weighted by Crippen LogP contribution is 2.18. The molecule has 0 spiro atoms. The maximum Gasteiger partial charge on any atom is 0.306 e. The quantitative estimate of drug-likeness (QED) is 0.0261. The van der Waals surface area contributed by atoms with E-state index in [1.807, 2.05) is 0 Å². The lowest BCUT2D eigenvalue weighted by Crippen LogP contribution is -2.30. The van der Waals surface area contributed by atoms with Crippen molar-refractivity contribution in [3.8, 4) is 0 Å². The molecule has 6 heteroatoms. The maximum atomic E-state index is 12.8. The van der Waals surface area contributed by atoms with Crippen molar-refractivity contribution in [3.05, 3.63) is 60.8 Å². The number of hydrogen-bond acceptors (Lipinski definition) is 6. The van der Waals surface area contributed by atoms with Crippen LogP contribution >= 0.6 is 0 Å². The molecule has 0 bridgehead atoms. The predicted octanol–water partition coefficient (Wildman–Crippen LogP) is 22.3. The molecule has 0 aromatic heterocycles. The van der Waals surface area contributed by atoms with E-state index in [9.17, 15) is 14.4 Å². The SMILES string of the molecule is CC/C=C\C/C=C\C/C=C\C/C=C\C/C=C\CCCCCCCCCCCCCCCCCCCC(=O)OCC(COC(=O)CCCCCCCC)OC(=O)CCCCCCCCCCCCCCCCCCCC. The molecule has 436 valence electrons. The molecule has 75 heavy (non-hydrogen) atoms. The van der Waals surface area contributed by atoms with Gasteiger partial charge in [-0.3, -0.25) is 14.4 Å². The fraction of sp³-hybridized carbons (Fsp3) is 0.812. The highest BCUT2D eigenvalue weighted by atomic mass is 16.6. The van der Waals surface area contributed by atoms with Crippen LogP contribution in [-0.4, -0.2) is 37.2 Å². The smallest absolute Gasteiger partial charge is 0.306 e. The van der Waals surface area contributed by atoms with Crippen LogP contribution in [0.2, 0.25) is 0 Å². The standard InChI is InChI=1S/C69H124O6/c1-4-7-10-13-16-18-20-22-24-26-28-29-30-31-32-33-34-35-36-37-38-39-40-41-42-44-45-47-49-51-53-56-59-62-68(71)74-65-66(64-73-67(70)61-58-55-15-12-9-6-3)75-69(72)63-60-57-54-52-50-48-46-43-27-25-23-21-19-17-14-11-8-5-2/h7,10,16,18,22,24,28-29,31-32,66H,4-6,8-9,11-15,17,19-21,23,25-27,30,33-65H2,1-3H3/b10-7-,18-16-,24-22-,29-28-,32-31-. The highest BCUT2D eigenvalue weighted by Gasteiger charge is 2.19. The zero-order chi connectivity index (χ0) is 54.3. The van der Waals surface area contributed by atoms with Gasteiger partial charge in [0, 0.05) is 19.3 Å². The Morgan fingerprint density at radius 2 is 0.520 bits per heavy atom. The van der Waals surface area contributed by atoms with Crippen LogP contribution in [0.25, 0.3) is 0 Å². The first-order valence-corrected chi connectivity index (χ1v) is 32.8. The van der Waals surface area contributed by atoms with Crippen LogP contribution in [0.3, 0.4) is 0 Å². The molecule has 0 aliphatic rings. The molecule has 0 aromatic carbocycles. The molecule has 1 atom stereocenters. The van der Waals surface area contributed by atoms with Crippen LogP contribution in [0.1, 0.15) is 342 Å². The third kappa shape index (κ3) is 61.8. The second-order valence-corrected chi connectivity index (χ2v) is 22.0. The van der Waals surface area contributed by atoms with Crippen LogP contribution in [0.15, 0.2) is 60.8 Å². The Labute approximate surface area is 466 Å². The zero-order valence-corrected chi connectivity index (χ0v) is 50.1. The first kappa shape index (κ1) is 72.1. The third-order valence-electron chi connectivity index (χ3n) is 14.5. The number of rotatable bonds is 60. The Kier molecular flexibility index (Phi) is 61.2. The molecule has 0 radical (unpaired) electrons. The van der Waals surface area contributed by atoms with Crippen LogP contribution in [-0.2, 0) is 28.6 Å². The topological polar surface area (TPSA) is 78.9 Å². The third-order valence-corrected chi connectivity index (χ3v) is 14.5. The van der Waals surface area contributed by atoms with Crippen molar-refractivity contribution in [1.82, 2.24) is 0 Å². The van der Waals surface area contributed by atoms with Gasteiger partial charge in [0.15, 0.2) is 6.10 Å². The fourth-order valence-corrected chi connectivity index (χ4v) is 9.65. The van der Waals surface area contributed by atoms with Crippen molar-refractivity contribution in [2.24, 2.45) is 0 Å². The van der Waals surface area contributed by atoms with E-state index in [0.29, 0.717) is 19.3 Å². The van der Waals surface area contributed by atoms with Crippen molar-refractivity contribution in [2.45, 2.75) is 348 Å². The molecule has 0 amide bonds. The van der Waals surface area contributed by atoms with Crippen LogP contribution in [0, 0.1) is 0 Å². The summed E-state index contributed by atoms with van der Waals surface area (Å²) >= 11 is 0. The summed E-state index contributed by atoms with van der Waals surface area (Å²) in [6.07, 6.45) is 81.4. The van der Waals surface area contributed by atoms with Gasteiger partial charge < -0.3 is 14.2 Å². The van der Waals surface area contributed by atoms with E-state index in [1.165, 1.54) is 212 Å². The van der Waals surface area contributed by atoms with Crippen molar-refractivity contribution >= 4 is 17.9 Å². The molecular weight excluding hydrogens is 925 g/mol. The molecule has 0 saturated carbocycles. The average Bonchev–Trinajstić information content (AvgIpc) is 3.41. The molecular formula is C69H124O6. The first-order valence-electron chi connectivity index (χ1n) is 32.8. The van der Waals surface area contributed by atoms with Crippen molar-refractivity contribution in [3.63, 3.8) is 0 Å². The molecule has 0 aliphatic carbocycles. The molecule has 0 heterocycles. The van der Waals surface area contributed by atoms with Gasteiger partial charge >= 0.3 is 17.9 Å². The normalized spacial score (nSPS) is 12.4. The second kappa shape index (κ2) is 63.6. The second-order valence-electron chi connectivity index (χ2n) is 22.0. The van der Waals surface area contributed by atoms with Gasteiger partial charge in [-0.25, -0.2) is 0 Å². The monoisotopic (exact) mass is 1050 g/mol. The number of allylic oxidation sites excluding steroid dienone is 10. The Morgan fingerprint density at radius 1 is 0.280 bits per heavy atom. The summed E-state index contributed by atoms with van der Waals surface area (Å²) in [6, 6.07) is 0. The maximum absolute atomic E-state index is 12.8. The molecule has 0 fully saturated rings. The number of hydrogen-bond donors (Lipinski definition) is 0. The first-order chi connectivity index (χ1) is 37.0. The van der Waals surface area contributed by atoms with Crippen LogP contribution < -0.4 is 0 Å². The van der Waals surface area contributed by atoms with Crippen molar-refractivity contribution < 1.29 is 28.6 Å². The highest BCUT2D eigenvalue weighted by molar-refractivity contribution is 5.71. The van der Waals surface area contributed by atoms with Gasteiger partial charge in [-0.05, 0) is 64.2 Å². The number of carbonyl (C=O) groups is 3. The van der Waals surface area contributed by atoms with E-state index in [-0.39, 0.29) is 31.1 Å². The van der Waals surface area contributed by atoms with E-state index in [1.54, 1.807) is 0 Å². The van der Waals surface area contributed by atoms with E-state index < -0.39 is 6.10 Å². The predicted molar refractivity (Wildman–Crippen MR) is 325 cm³/mol. The Bertz CT molecular complexity index is 1340. The fourth-order valence-electron chi connectivity index (χ4n) is 9.65. The summed E-state index contributed by atoms with van der Waals surface area (Å²) in [4.78, 5) is 38.0. The van der Waals surface area contributed by atoms with E-state index in [4.69, 9.17) is 14.2 Å². The van der Waals surface area contributed by atoms with E-state index >= 15 is 0 Å². The molecule has 6 nitrogen and oxygen atoms in total. The van der Waals surface area contributed by atoms with Crippen LogP contribution in [0.4, 0.5) is 0 Å². The number of ether oxygens (including phenoxy) is 3. The minimum atomic E-state index is -0.766. The summed E-state index contributed by atoms with van der Waals surface area (Å²) in [5, 5.41) is 0. The molecule has 0 N–H and O–H groups in total. The van der Waals surface area contributed by atoms with Gasteiger partial charge in [0.1, 0.15) is 13.2 Å². The van der Waals surface area contributed by atoms with E-state index in [2.05, 4.69) is 81.5 Å². The lowest BCUT2D eigenvalue weighted by molar-refractivity contribution is -0.167. The molecule has 0 aliphatic heterocycles. The Hall–Kier alpha value is -2.89. The Morgan fingerprint density at radius 3 is 0.813 bits per heavy atom. The largest absolute Gasteiger partial charge is 0.462 e.